The molecule has 1 rings (SSSR count). The van der Waals surface area contributed by atoms with E-state index in [0.29, 0.717) is 13.3 Å². The molecule has 0 spiro atoms. The Bertz CT molecular complexity index is 198. The van der Waals surface area contributed by atoms with E-state index in [2.05, 4.69) is 11.4 Å². The number of hydrogen-bond donors (Lipinski definition) is 0. The maximum atomic E-state index is 10.9. The Labute approximate surface area is 83.7 Å². The molecule has 13 heavy (non-hydrogen) atoms. The zero-order valence-corrected chi connectivity index (χ0v) is 8.41. The van der Waals surface area contributed by atoms with Crippen LogP contribution in [0.5, 0.6) is 0 Å². The molecular formula is C7H12ClN3O2. The fourth-order valence-corrected chi connectivity index (χ4v) is 0.898. The second-order valence-corrected chi connectivity index (χ2v) is 2.50. The largest absolute Gasteiger partial charge is 1.00 e. The van der Waals surface area contributed by atoms with Crippen LogP contribution < -0.4 is 12.4 Å². The van der Waals surface area contributed by atoms with Crippen LogP contribution in [0.3, 0.4) is 0 Å². The molecule has 5 nitrogen and oxygen atoms in total. The van der Waals surface area contributed by atoms with E-state index in [9.17, 15) is 4.79 Å². The van der Waals surface area contributed by atoms with Gasteiger partial charge in [-0.05, 0) is 6.92 Å². The number of rotatable bonds is 3. The third-order valence-electron chi connectivity index (χ3n) is 1.36. The van der Waals surface area contributed by atoms with Crippen molar-refractivity contribution in [2.75, 3.05) is 26.9 Å². The lowest BCUT2D eigenvalue weighted by molar-refractivity contribution is -0.143. The van der Waals surface area contributed by atoms with E-state index < -0.39 is 0 Å². The highest BCUT2D eigenvalue weighted by Gasteiger charge is 2.27. The standard InChI is InChI=1S/C7H12N3O2.ClH/c1-3-12-7(11)4-10-5-8-9(2)6-10;/h3-4,6H2,1-2H3;1H/q+1;/p-1. The van der Waals surface area contributed by atoms with Crippen molar-refractivity contribution >= 4 is 12.3 Å². The van der Waals surface area contributed by atoms with Gasteiger partial charge < -0.3 is 17.1 Å². The van der Waals surface area contributed by atoms with Gasteiger partial charge in [-0.2, -0.15) is 0 Å². The van der Waals surface area contributed by atoms with Gasteiger partial charge in [0.25, 0.3) is 0 Å². The monoisotopic (exact) mass is 205 g/mol. The van der Waals surface area contributed by atoms with Crippen molar-refractivity contribution in [2.24, 2.45) is 5.10 Å². The fraction of sp³-hybridized carbons (Fsp3) is 0.714. The topological polar surface area (TPSA) is 45.1 Å². The highest BCUT2D eigenvalue weighted by molar-refractivity contribution is 5.75. The van der Waals surface area contributed by atoms with Gasteiger partial charge in [0.15, 0.2) is 13.2 Å². The smallest absolute Gasteiger partial charge is 0.544 e. The molecule has 1 aliphatic rings. The predicted octanol–water partition coefficient (Wildman–Crippen LogP) is -3.42. The molecule has 1 aliphatic heterocycles. The molecule has 0 fully saturated rings. The first-order valence-electron chi connectivity index (χ1n) is 3.80. The second kappa shape index (κ2) is 5.56. The van der Waals surface area contributed by atoms with Crippen molar-refractivity contribution in [1.29, 1.82) is 0 Å². The average molecular weight is 206 g/mol. The second-order valence-electron chi connectivity index (χ2n) is 2.50. The summed E-state index contributed by atoms with van der Waals surface area (Å²) in [6.45, 7) is 3.02. The van der Waals surface area contributed by atoms with Crippen molar-refractivity contribution in [3.63, 3.8) is 0 Å². The number of carbonyl (C=O) groups is 1. The Morgan fingerprint density at radius 3 is 2.85 bits per heavy atom. The van der Waals surface area contributed by atoms with Crippen molar-refractivity contribution < 1.29 is 21.9 Å². The van der Waals surface area contributed by atoms with E-state index in [1.54, 1.807) is 16.8 Å². The fourth-order valence-electron chi connectivity index (χ4n) is 0.898. The van der Waals surface area contributed by atoms with Crippen LogP contribution in [0.15, 0.2) is 5.10 Å². The predicted molar refractivity (Wildman–Crippen MR) is 43.4 cm³/mol. The summed E-state index contributed by atoms with van der Waals surface area (Å²) >= 11 is 0. The molecule has 6 heteroatoms. The van der Waals surface area contributed by atoms with E-state index in [-0.39, 0.29) is 24.9 Å². The van der Waals surface area contributed by atoms with Crippen LogP contribution >= 0.6 is 0 Å². The summed E-state index contributed by atoms with van der Waals surface area (Å²) in [7, 11) is 1.82. The minimum atomic E-state index is -0.240. The SMILES string of the molecule is CCOC(=O)CN1[C+]=NN(C)C1.[Cl-]. The summed E-state index contributed by atoms with van der Waals surface area (Å²) in [4.78, 5) is 12.6. The highest BCUT2D eigenvalue weighted by atomic mass is 35.5. The Morgan fingerprint density at radius 2 is 2.38 bits per heavy atom. The van der Waals surface area contributed by atoms with Crippen LogP contribution in [-0.2, 0) is 9.53 Å². The average Bonchev–Trinajstić information content (AvgIpc) is 2.36. The lowest BCUT2D eigenvalue weighted by Crippen LogP contribution is -3.00. The van der Waals surface area contributed by atoms with Crippen molar-refractivity contribution in [1.82, 2.24) is 9.91 Å². The van der Waals surface area contributed by atoms with E-state index >= 15 is 0 Å². The first kappa shape index (κ1) is 11.9. The van der Waals surface area contributed by atoms with Gasteiger partial charge in [-0.1, -0.05) is 0 Å². The van der Waals surface area contributed by atoms with E-state index in [4.69, 9.17) is 4.74 Å². The Hall–Kier alpha value is -1.06. The van der Waals surface area contributed by atoms with Gasteiger partial charge >= 0.3 is 12.3 Å². The number of halogens is 1. The molecule has 74 valence electrons. The third-order valence-corrected chi connectivity index (χ3v) is 1.36. The first-order chi connectivity index (χ1) is 5.72. The number of ether oxygens (including phenoxy) is 1. The molecule has 0 aromatic heterocycles. The molecular weight excluding hydrogens is 194 g/mol. The minimum absolute atomic E-state index is 0. The Kier molecular flexibility index (Phi) is 5.11. The maximum Gasteiger partial charge on any atom is 0.544 e. The van der Waals surface area contributed by atoms with Crippen LogP contribution in [0.1, 0.15) is 6.92 Å². The quantitative estimate of drug-likeness (QED) is 0.356. The molecule has 0 aliphatic carbocycles. The van der Waals surface area contributed by atoms with Crippen LogP contribution in [0.2, 0.25) is 0 Å². The molecule has 0 bridgehead atoms. The molecule has 0 saturated heterocycles. The van der Waals surface area contributed by atoms with Crippen LogP contribution in [0, 0.1) is 0 Å². The third kappa shape index (κ3) is 3.92. The summed E-state index contributed by atoms with van der Waals surface area (Å²) in [5.74, 6) is -0.240. The molecule has 0 unspecified atom stereocenters. The summed E-state index contributed by atoms with van der Waals surface area (Å²) < 4.78 is 4.76. The van der Waals surface area contributed by atoms with Gasteiger partial charge in [-0.3, -0.25) is 0 Å². The molecule has 1 heterocycles. The molecule has 0 amide bonds. The van der Waals surface area contributed by atoms with Gasteiger partial charge in [-0.25, -0.2) is 9.80 Å². The number of esters is 1. The van der Waals surface area contributed by atoms with Gasteiger partial charge in [0, 0.05) is 7.05 Å². The van der Waals surface area contributed by atoms with Gasteiger partial charge in [-0.15, -0.1) is 4.90 Å². The van der Waals surface area contributed by atoms with E-state index in [1.807, 2.05) is 7.05 Å². The molecule has 0 aromatic carbocycles. The van der Waals surface area contributed by atoms with Crippen LogP contribution in [0.25, 0.3) is 0 Å². The minimum Gasteiger partial charge on any atom is -1.00 e. The van der Waals surface area contributed by atoms with Gasteiger partial charge in [0.05, 0.1) is 6.61 Å². The first-order valence-corrected chi connectivity index (χ1v) is 3.80. The number of carbonyl (C=O) groups excluding carboxylic acids is 1. The van der Waals surface area contributed by atoms with Gasteiger partial charge in [0.2, 0.25) is 0 Å². The highest BCUT2D eigenvalue weighted by Crippen LogP contribution is 1.97. The zero-order valence-electron chi connectivity index (χ0n) is 7.66. The molecule has 0 N–H and O–H groups in total. The normalized spacial score (nSPS) is 13.7. The molecule has 0 saturated carbocycles. The van der Waals surface area contributed by atoms with Crippen LogP contribution in [0.4, 0.5) is 0 Å². The number of hydrogen-bond acceptors (Lipinski definition) is 5. The number of hydrazone groups is 1. The zero-order chi connectivity index (χ0) is 8.97. The van der Waals surface area contributed by atoms with Gasteiger partial charge in [0.1, 0.15) is 5.10 Å². The summed E-state index contributed by atoms with van der Waals surface area (Å²) in [5, 5.41) is 5.53. The van der Waals surface area contributed by atoms with Crippen molar-refractivity contribution in [2.45, 2.75) is 6.92 Å². The van der Waals surface area contributed by atoms with Crippen molar-refractivity contribution in [3.05, 3.63) is 0 Å². The lowest BCUT2D eigenvalue weighted by Gasteiger charge is -2.04. The van der Waals surface area contributed by atoms with Crippen molar-refractivity contribution in [3.8, 4) is 0 Å². The summed E-state index contributed by atoms with van der Waals surface area (Å²) in [5.41, 5.74) is 0. The summed E-state index contributed by atoms with van der Waals surface area (Å²) in [6.07, 6.45) is 2.68. The molecule has 0 radical (unpaired) electrons. The maximum absolute atomic E-state index is 10.9. The van der Waals surface area contributed by atoms with Crippen LogP contribution in [-0.4, -0.2) is 49.1 Å². The number of nitrogens with zero attached hydrogens (tertiary/aromatic N) is 3. The van der Waals surface area contributed by atoms with E-state index in [0.717, 1.165) is 0 Å². The van der Waals surface area contributed by atoms with E-state index in [1.165, 1.54) is 0 Å². The Morgan fingerprint density at radius 1 is 1.69 bits per heavy atom. The lowest BCUT2D eigenvalue weighted by atomic mass is 10.6. The molecule has 0 atom stereocenters. The summed E-state index contributed by atoms with van der Waals surface area (Å²) in [6, 6.07) is 0. The Balaban J connectivity index is 0.00000144. The molecule has 0 aromatic rings.